The number of nitrogens with one attached hydrogen (secondary N) is 1. The van der Waals surface area contributed by atoms with Gasteiger partial charge in [-0.05, 0) is 50.5 Å². The topological polar surface area (TPSA) is 47.9 Å². The molecule has 2 aliphatic carbocycles. The summed E-state index contributed by atoms with van der Waals surface area (Å²) < 4.78 is 0. The van der Waals surface area contributed by atoms with Crippen LogP contribution in [0.5, 0.6) is 0 Å². The zero-order valence-electron chi connectivity index (χ0n) is 15.4. The molecule has 0 saturated carbocycles. The predicted molar refractivity (Wildman–Crippen MR) is 101 cm³/mol. The summed E-state index contributed by atoms with van der Waals surface area (Å²) >= 11 is 0. The number of fused-ring (bicyclic) bond motifs is 2. The summed E-state index contributed by atoms with van der Waals surface area (Å²) in [6.07, 6.45) is 10.8. The van der Waals surface area contributed by atoms with E-state index in [0.29, 0.717) is 12.0 Å². The maximum absolute atomic E-state index is 12.5. The lowest BCUT2D eigenvalue weighted by atomic mass is 9.69. The van der Waals surface area contributed by atoms with Crippen LogP contribution in [0.25, 0.3) is 0 Å². The molecule has 0 spiro atoms. The van der Waals surface area contributed by atoms with E-state index in [0.717, 1.165) is 32.5 Å². The molecule has 1 N–H and O–H groups in total. The van der Waals surface area contributed by atoms with Crippen molar-refractivity contribution in [2.45, 2.75) is 44.8 Å². The van der Waals surface area contributed by atoms with Gasteiger partial charge in [0.15, 0.2) is 0 Å². The highest BCUT2D eigenvalue weighted by Gasteiger charge is 2.44. The minimum Gasteiger partial charge on any atom is -0.334 e. The van der Waals surface area contributed by atoms with Gasteiger partial charge in [0.1, 0.15) is 0 Å². The third-order valence-electron chi connectivity index (χ3n) is 6.20. The van der Waals surface area contributed by atoms with Crippen LogP contribution >= 0.6 is 0 Å². The van der Waals surface area contributed by atoms with Gasteiger partial charge in [-0.1, -0.05) is 18.2 Å². The van der Waals surface area contributed by atoms with E-state index in [1.54, 1.807) is 0 Å². The molecule has 0 aromatic rings. The number of allylic oxidation sites excluding steroid dienone is 2. The molecular formula is C20H28N4O. The Bertz CT molecular complexity index is 686. The van der Waals surface area contributed by atoms with Crippen molar-refractivity contribution in [1.82, 2.24) is 15.1 Å². The standard InChI is InChI=1S/C20H28N4O/c1-4-24(5-2)20(25)22-14-10-16-15-7-6-8-17-19(15)13(11-21-17)9-18(16)23(3)12-14/h6-8,11,14,16-18H,4-5,9-10,12H2,1-3H3,(H,22,25)/t14-,16+,17?,18+/m0/s1. The maximum atomic E-state index is 12.5. The van der Waals surface area contributed by atoms with E-state index in [1.165, 1.54) is 16.7 Å². The molecule has 5 nitrogen and oxygen atoms in total. The summed E-state index contributed by atoms with van der Waals surface area (Å²) in [6, 6.07) is 1.02. The number of likely N-dealkylation sites (N-methyl/N-ethyl adjacent to an activating group) is 1. The number of rotatable bonds is 3. The van der Waals surface area contributed by atoms with Crippen molar-refractivity contribution in [3.63, 3.8) is 0 Å². The SMILES string of the molecule is CCN(CC)C(=O)N[C@H]1C[C@@H]2C3=CC=CC4N=CC(=C34)C[C@H]2N(C)C1. The van der Waals surface area contributed by atoms with Crippen molar-refractivity contribution in [2.24, 2.45) is 10.9 Å². The average molecular weight is 340 g/mol. The van der Waals surface area contributed by atoms with Gasteiger partial charge in [-0.2, -0.15) is 0 Å². The Labute approximate surface area is 150 Å². The average Bonchev–Trinajstić information content (AvgIpc) is 3.02. The van der Waals surface area contributed by atoms with E-state index < -0.39 is 0 Å². The molecule has 0 aromatic carbocycles. The molecule has 1 unspecified atom stereocenters. The normalized spacial score (nSPS) is 33.0. The molecule has 4 aliphatic rings. The molecule has 2 aliphatic heterocycles. The van der Waals surface area contributed by atoms with Crippen LogP contribution in [0, 0.1) is 5.92 Å². The van der Waals surface area contributed by atoms with E-state index >= 15 is 0 Å². The second-order valence-electron chi connectivity index (χ2n) is 7.54. The van der Waals surface area contributed by atoms with Crippen molar-refractivity contribution in [3.8, 4) is 0 Å². The van der Waals surface area contributed by atoms with Crippen LogP contribution in [0.3, 0.4) is 0 Å². The minimum absolute atomic E-state index is 0.0668. The van der Waals surface area contributed by atoms with E-state index in [9.17, 15) is 4.79 Å². The zero-order chi connectivity index (χ0) is 17.6. The van der Waals surface area contributed by atoms with Crippen LogP contribution in [0.1, 0.15) is 26.7 Å². The monoisotopic (exact) mass is 340 g/mol. The molecule has 1 fully saturated rings. The molecule has 1 saturated heterocycles. The summed E-state index contributed by atoms with van der Waals surface area (Å²) in [7, 11) is 2.20. The Balaban J connectivity index is 1.54. The highest BCUT2D eigenvalue weighted by atomic mass is 16.2. The number of nitrogens with zero attached hydrogens (tertiary/aromatic N) is 3. The number of likely N-dealkylation sites (tertiary alicyclic amines) is 1. The fourth-order valence-electron chi connectivity index (χ4n) is 4.91. The third-order valence-corrected chi connectivity index (χ3v) is 6.20. The van der Waals surface area contributed by atoms with Crippen LogP contribution in [-0.2, 0) is 0 Å². The van der Waals surface area contributed by atoms with Crippen LogP contribution < -0.4 is 5.32 Å². The number of hydrogen-bond donors (Lipinski definition) is 1. The molecular weight excluding hydrogens is 312 g/mol. The van der Waals surface area contributed by atoms with Crippen molar-refractivity contribution in [3.05, 3.63) is 34.9 Å². The van der Waals surface area contributed by atoms with Gasteiger partial charge in [-0.25, -0.2) is 4.79 Å². The van der Waals surface area contributed by atoms with Gasteiger partial charge >= 0.3 is 6.03 Å². The van der Waals surface area contributed by atoms with Gasteiger partial charge in [-0.15, -0.1) is 0 Å². The molecule has 0 radical (unpaired) electrons. The highest BCUT2D eigenvalue weighted by Crippen LogP contribution is 2.46. The third kappa shape index (κ3) is 2.74. The maximum Gasteiger partial charge on any atom is 0.317 e. The first-order chi connectivity index (χ1) is 12.1. The smallest absolute Gasteiger partial charge is 0.317 e. The Hall–Kier alpha value is -1.88. The molecule has 4 rings (SSSR count). The molecule has 25 heavy (non-hydrogen) atoms. The van der Waals surface area contributed by atoms with Crippen molar-refractivity contribution in [2.75, 3.05) is 26.7 Å². The highest BCUT2D eigenvalue weighted by molar-refractivity contribution is 5.87. The number of carbonyl (C=O) groups is 1. The van der Waals surface area contributed by atoms with Gasteiger partial charge in [0.25, 0.3) is 0 Å². The van der Waals surface area contributed by atoms with Crippen molar-refractivity contribution < 1.29 is 4.79 Å². The summed E-state index contributed by atoms with van der Waals surface area (Å²) in [5, 5.41) is 3.27. The number of carbonyl (C=O) groups excluding carboxylic acids is 1. The van der Waals surface area contributed by atoms with Crippen molar-refractivity contribution in [1.29, 1.82) is 0 Å². The molecule has 0 bridgehead atoms. The summed E-state index contributed by atoms with van der Waals surface area (Å²) in [6.45, 7) is 6.48. The number of hydrogen-bond acceptors (Lipinski definition) is 3. The number of amides is 2. The van der Waals surface area contributed by atoms with E-state index in [1.807, 2.05) is 18.7 Å². The van der Waals surface area contributed by atoms with E-state index in [-0.39, 0.29) is 18.1 Å². The first-order valence-electron chi connectivity index (χ1n) is 9.53. The van der Waals surface area contributed by atoms with Gasteiger partial charge in [0, 0.05) is 43.9 Å². The second kappa shape index (κ2) is 6.45. The molecule has 5 heteroatoms. The summed E-state index contributed by atoms with van der Waals surface area (Å²) in [5.41, 5.74) is 4.30. The summed E-state index contributed by atoms with van der Waals surface area (Å²) in [4.78, 5) is 21.4. The summed E-state index contributed by atoms with van der Waals surface area (Å²) in [5.74, 6) is 0.480. The molecule has 2 heterocycles. The predicted octanol–water partition coefficient (Wildman–Crippen LogP) is 2.38. The lowest BCUT2D eigenvalue weighted by Gasteiger charge is -2.47. The van der Waals surface area contributed by atoms with Crippen molar-refractivity contribution >= 4 is 12.2 Å². The molecule has 134 valence electrons. The van der Waals surface area contributed by atoms with Crippen LogP contribution in [0.4, 0.5) is 4.79 Å². The quantitative estimate of drug-likeness (QED) is 0.857. The fraction of sp³-hybridized carbons (Fsp3) is 0.600. The largest absolute Gasteiger partial charge is 0.334 e. The number of aliphatic imine (C=N–C) groups is 1. The van der Waals surface area contributed by atoms with E-state index in [4.69, 9.17) is 0 Å². The van der Waals surface area contributed by atoms with Crippen LogP contribution in [0.15, 0.2) is 39.9 Å². The Morgan fingerprint density at radius 2 is 2.20 bits per heavy atom. The number of piperidine rings is 1. The number of urea groups is 1. The Kier molecular flexibility index (Phi) is 4.28. The van der Waals surface area contributed by atoms with Gasteiger partial charge in [0.2, 0.25) is 0 Å². The second-order valence-corrected chi connectivity index (χ2v) is 7.54. The lowest BCUT2D eigenvalue weighted by Crippen LogP contribution is -2.57. The Morgan fingerprint density at radius 1 is 1.40 bits per heavy atom. The molecule has 4 atom stereocenters. The fourth-order valence-corrected chi connectivity index (χ4v) is 4.91. The van der Waals surface area contributed by atoms with Crippen LogP contribution in [0.2, 0.25) is 0 Å². The molecule has 0 aromatic heterocycles. The van der Waals surface area contributed by atoms with Gasteiger partial charge in [-0.3, -0.25) is 4.99 Å². The van der Waals surface area contributed by atoms with E-state index in [2.05, 4.69) is 46.7 Å². The minimum atomic E-state index is 0.0668. The Morgan fingerprint density at radius 3 is 2.96 bits per heavy atom. The van der Waals surface area contributed by atoms with Crippen LogP contribution in [-0.4, -0.2) is 66.9 Å². The first kappa shape index (κ1) is 16.6. The lowest BCUT2D eigenvalue weighted by molar-refractivity contribution is 0.107. The first-order valence-corrected chi connectivity index (χ1v) is 9.53. The van der Waals surface area contributed by atoms with Gasteiger partial charge < -0.3 is 15.1 Å². The van der Waals surface area contributed by atoms with Gasteiger partial charge in [0.05, 0.1) is 6.04 Å². The molecule has 2 amide bonds. The zero-order valence-corrected chi connectivity index (χ0v) is 15.4.